The number of rotatable bonds is 5. The van der Waals surface area contributed by atoms with Gasteiger partial charge in [-0.2, -0.15) is 0 Å². The van der Waals surface area contributed by atoms with Crippen LogP contribution in [0.25, 0.3) is 0 Å². The number of benzene rings is 1. The Morgan fingerprint density at radius 2 is 1.83 bits per heavy atom. The van der Waals surface area contributed by atoms with Crippen LogP contribution in [0.15, 0.2) is 33.6 Å². The van der Waals surface area contributed by atoms with Gasteiger partial charge in [-0.25, -0.2) is 13.1 Å². The lowest BCUT2D eigenvalue weighted by atomic mass is 9.93. The van der Waals surface area contributed by atoms with Crippen LogP contribution in [0.5, 0.6) is 0 Å². The zero-order valence-electron chi connectivity index (χ0n) is 10.6. The number of nitrogens with one attached hydrogen (secondary N) is 1. The molecule has 1 N–H and O–H groups in total. The number of halogens is 1. The first-order valence-corrected chi connectivity index (χ1v) is 8.39. The van der Waals surface area contributed by atoms with Crippen molar-refractivity contribution in [2.45, 2.75) is 31.6 Å². The van der Waals surface area contributed by atoms with Crippen LogP contribution in [-0.4, -0.2) is 15.0 Å². The second kappa shape index (κ2) is 4.94. The summed E-state index contributed by atoms with van der Waals surface area (Å²) in [6, 6.07) is 6.70. The Bertz CT molecular complexity index is 518. The Balaban J connectivity index is 2.06. The summed E-state index contributed by atoms with van der Waals surface area (Å²) >= 11 is 3.30. The molecular weight excluding hydrogens is 314 g/mol. The predicted octanol–water partition coefficient (Wildman–Crippen LogP) is 3.16. The van der Waals surface area contributed by atoms with E-state index >= 15 is 0 Å². The quantitative estimate of drug-likeness (QED) is 0.900. The first-order valence-electron chi connectivity index (χ1n) is 6.11. The van der Waals surface area contributed by atoms with E-state index in [-0.39, 0.29) is 5.41 Å². The lowest BCUT2D eigenvalue weighted by Crippen LogP contribution is -2.32. The molecule has 0 saturated heterocycles. The van der Waals surface area contributed by atoms with Crippen molar-refractivity contribution in [1.82, 2.24) is 4.72 Å². The third-order valence-corrected chi connectivity index (χ3v) is 5.80. The van der Waals surface area contributed by atoms with Gasteiger partial charge in [0.15, 0.2) is 0 Å². The van der Waals surface area contributed by atoms with Gasteiger partial charge in [0.05, 0.1) is 4.90 Å². The fourth-order valence-corrected chi connectivity index (χ4v) is 3.46. The maximum atomic E-state index is 12.1. The molecule has 1 aliphatic rings. The minimum absolute atomic E-state index is 0.183. The average molecular weight is 332 g/mol. The summed E-state index contributed by atoms with van der Waals surface area (Å²) in [4.78, 5) is 0.324. The normalized spacial score (nSPS) is 18.0. The van der Waals surface area contributed by atoms with Crippen molar-refractivity contribution in [2.75, 3.05) is 6.54 Å². The highest BCUT2D eigenvalue weighted by Crippen LogP contribution is 2.51. The SMILES string of the molecule is CC(C)C1(CNS(=O)(=O)c2ccc(Br)cc2)CC1. The highest BCUT2D eigenvalue weighted by Gasteiger charge is 2.45. The van der Waals surface area contributed by atoms with Gasteiger partial charge in [-0.15, -0.1) is 0 Å². The van der Waals surface area contributed by atoms with Crippen LogP contribution >= 0.6 is 15.9 Å². The van der Waals surface area contributed by atoms with Crippen LogP contribution in [0.2, 0.25) is 0 Å². The Kier molecular flexibility index (Phi) is 3.85. The minimum Gasteiger partial charge on any atom is -0.211 e. The van der Waals surface area contributed by atoms with Crippen LogP contribution in [-0.2, 0) is 10.0 Å². The van der Waals surface area contributed by atoms with E-state index in [4.69, 9.17) is 0 Å². The average Bonchev–Trinajstić information content (AvgIpc) is 3.08. The standard InChI is InChI=1S/C13H18BrNO2S/c1-10(2)13(7-8-13)9-15-18(16,17)12-5-3-11(14)4-6-12/h3-6,10,15H,7-9H2,1-2H3. The molecule has 1 saturated carbocycles. The van der Waals surface area contributed by atoms with Gasteiger partial charge in [-0.1, -0.05) is 29.8 Å². The van der Waals surface area contributed by atoms with Crippen LogP contribution in [0.3, 0.4) is 0 Å². The first kappa shape index (κ1) is 14.0. The molecule has 0 spiro atoms. The van der Waals surface area contributed by atoms with Crippen molar-refractivity contribution in [3.63, 3.8) is 0 Å². The Labute approximate surface area is 117 Å². The Morgan fingerprint density at radius 3 is 2.28 bits per heavy atom. The van der Waals surface area contributed by atoms with E-state index in [2.05, 4.69) is 34.5 Å². The topological polar surface area (TPSA) is 46.2 Å². The zero-order chi connectivity index (χ0) is 13.4. The van der Waals surface area contributed by atoms with E-state index in [0.717, 1.165) is 17.3 Å². The molecule has 18 heavy (non-hydrogen) atoms. The molecule has 1 aromatic carbocycles. The predicted molar refractivity (Wildman–Crippen MR) is 75.8 cm³/mol. The minimum atomic E-state index is -3.37. The molecule has 1 aliphatic carbocycles. The molecule has 0 aromatic heterocycles. The summed E-state index contributed by atoms with van der Waals surface area (Å²) in [6.45, 7) is 4.85. The lowest BCUT2D eigenvalue weighted by Gasteiger charge is -2.20. The molecule has 1 aromatic rings. The van der Waals surface area contributed by atoms with Crippen LogP contribution < -0.4 is 4.72 Å². The molecule has 0 amide bonds. The molecule has 0 heterocycles. The van der Waals surface area contributed by atoms with Crippen LogP contribution in [0.4, 0.5) is 0 Å². The van der Waals surface area contributed by atoms with Gasteiger partial charge >= 0.3 is 0 Å². The van der Waals surface area contributed by atoms with Crippen molar-refractivity contribution in [3.8, 4) is 0 Å². The molecule has 0 aliphatic heterocycles. The van der Waals surface area contributed by atoms with E-state index < -0.39 is 10.0 Å². The first-order chi connectivity index (χ1) is 8.36. The van der Waals surface area contributed by atoms with E-state index in [9.17, 15) is 8.42 Å². The van der Waals surface area contributed by atoms with Crippen LogP contribution in [0, 0.1) is 11.3 Å². The fourth-order valence-electron chi connectivity index (χ4n) is 2.05. The largest absolute Gasteiger partial charge is 0.240 e. The van der Waals surface area contributed by atoms with Gasteiger partial charge < -0.3 is 0 Å². The molecular formula is C13H18BrNO2S. The summed E-state index contributed by atoms with van der Waals surface area (Å²) in [7, 11) is -3.37. The van der Waals surface area contributed by atoms with Crippen molar-refractivity contribution in [1.29, 1.82) is 0 Å². The van der Waals surface area contributed by atoms with Crippen molar-refractivity contribution < 1.29 is 8.42 Å². The molecule has 1 fully saturated rings. The summed E-state index contributed by atoms with van der Waals surface area (Å²) in [5, 5.41) is 0. The summed E-state index contributed by atoms with van der Waals surface area (Å²) < 4.78 is 27.8. The van der Waals surface area contributed by atoms with Gasteiger partial charge in [-0.05, 0) is 48.4 Å². The Morgan fingerprint density at radius 1 is 1.28 bits per heavy atom. The molecule has 0 bridgehead atoms. The highest BCUT2D eigenvalue weighted by atomic mass is 79.9. The maximum Gasteiger partial charge on any atom is 0.240 e. The summed E-state index contributed by atoms with van der Waals surface area (Å²) in [5.74, 6) is 0.519. The third kappa shape index (κ3) is 2.95. The number of hydrogen-bond acceptors (Lipinski definition) is 2. The molecule has 0 radical (unpaired) electrons. The monoisotopic (exact) mass is 331 g/mol. The van der Waals surface area contributed by atoms with Gasteiger partial charge in [-0.3, -0.25) is 0 Å². The van der Waals surface area contributed by atoms with Gasteiger partial charge in [0, 0.05) is 11.0 Å². The smallest absolute Gasteiger partial charge is 0.211 e. The highest BCUT2D eigenvalue weighted by molar-refractivity contribution is 9.10. The van der Waals surface area contributed by atoms with E-state index in [1.807, 2.05) is 0 Å². The lowest BCUT2D eigenvalue weighted by molar-refractivity contribution is 0.357. The van der Waals surface area contributed by atoms with Gasteiger partial charge in [0.2, 0.25) is 10.0 Å². The molecule has 2 rings (SSSR count). The van der Waals surface area contributed by atoms with E-state index in [1.165, 1.54) is 0 Å². The third-order valence-electron chi connectivity index (χ3n) is 3.86. The summed E-state index contributed by atoms with van der Waals surface area (Å²) in [6.07, 6.45) is 2.24. The molecule has 0 atom stereocenters. The van der Waals surface area contributed by atoms with Gasteiger partial charge in [0.1, 0.15) is 0 Å². The van der Waals surface area contributed by atoms with Crippen molar-refractivity contribution >= 4 is 26.0 Å². The maximum absolute atomic E-state index is 12.1. The van der Waals surface area contributed by atoms with E-state index in [0.29, 0.717) is 17.4 Å². The van der Waals surface area contributed by atoms with Crippen LogP contribution in [0.1, 0.15) is 26.7 Å². The zero-order valence-corrected chi connectivity index (χ0v) is 13.0. The molecule has 100 valence electrons. The second-order valence-electron chi connectivity index (χ2n) is 5.30. The molecule has 3 nitrogen and oxygen atoms in total. The summed E-state index contributed by atoms with van der Waals surface area (Å²) in [5.41, 5.74) is 0.183. The van der Waals surface area contributed by atoms with E-state index in [1.54, 1.807) is 24.3 Å². The fraction of sp³-hybridized carbons (Fsp3) is 0.538. The molecule has 5 heteroatoms. The Hall–Kier alpha value is -0.390. The molecule has 0 unspecified atom stereocenters. The number of sulfonamides is 1. The van der Waals surface area contributed by atoms with Crippen molar-refractivity contribution in [2.24, 2.45) is 11.3 Å². The second-order valence-corrected chi connectivity index (χ2v) is 7.98. The van der Waals surface area contributed by atoms with Crippen molar-refractivity contribution in [3.05, 3.63) is 28.7 Å². The van der Waals surface area contributed by atoms with Gasteiger partial charge in [0.25, 0.3) is 0 Å². The number of hydrogen-bond donors (Lipinski definition) is 1.